The second-order valence-corrected chi connectivity index (χ2v) is 8.60. The van der Waals surface area contributed by atoms with E-state index in [-0.39, 0.29) is 12.5 Å². The Morgan fingerprint density at radius 1 is 1.07 bits per heavy atom. The van der Waals surface area contributed by atoms with Crippen molar-refractivity contribution in [1.29, 1.82) is 0 Å². The summed E-state index contributed by atoms with van der Waals surface area (Å²) in [5.74, 6) is 0.494. The Hall–Kier alpha value is -2.41. The van der Waals surface area contributed by atoms with E-state index in [1.807, 2.05) is 19.5 Å². The monoisotopic (exact) mass is 443 g/mol. The van der Waals surface area contributed by atoms with Crippen LogP contribution in [0.5, 0.6) is 5.75 Å². The zero-order valence-electron chi connectivity index (χ0n) is 17.5. The van der Waals surface area contributed by atoms with Gasteiger partial charge in [0.2, 0.25) is 0 Å². The molecule has 0 atom stereocenters. The molecule has 3 rings (SSSR count). The molecule has 5 nitrogen and oxygen atoms in total. The largest absolute Gasteiger partial charge is 0.484 e. The molecular formula is C23H26ClN3O2S. The van der Waals surface area contributed by atoms with E-state index in [1.165, 1.54) is 16.9 Å². The van der Waals surface area contributed by atoms with Crippen LogP contribution in [-0.2, 0) is 4.79 Å². The molecule has 30 heavy (non-hydrogen) atoms. The number of aromatic nitrogens is 1. The second-order valence-electron chi connectivity index (χ2n) is 7.33. The van der Waals surface area contributed by atoms with Crippen molar-refractivity contribution in [1.82, 2.24) is 9.88 Å². The van der Waals surface area contributed by atoms with Crippen LogP contribution in [-0.4, -0.2) is 49.6 Å². The van der Waals surface area contributed by atoms with Crippen molar-refractivity contribution in [3.63, 3.8) is 0 Å². The van der Waals surface area contributed by atoms with Gasteiger partial charge >= 0.3 is 0 Å². The number of benzene rings is 2. The van der Waals surface area contributed by atoms with Gasteiger partial charge in [0.15, 0.2) is 11.7 Å². The minimum Gasteiger partial charge on any atom is -0.484 e. The highest BCUT2D eigenvalue weighted by molar-refractivity contribution is 7.14. The number of hydrogen-bond donors (Lipinski definition) is 0. The summed E-state index contributed by atoms with van der Waals surface area (Å²) in [6, 6.07) is 15.2. The molecule has 0 aliphatic rings. The number of anilines is 1. The molecule has 1 aromatic heterocycles. The highest BCUT2D eigenvalue weighted by Gasteiger charge is 2.20. The number of carbonyl (C=O) groups is 1. The lowest BCUT2D eigenvalue weighted by Crippen LogP contribution is -2.36. The smallest absolute Gasteiger partial charge is 0.266 e. The van der Waals surface area contributed by atoms with Gasteiger partial charge in [-0.25, -0.2) is 4.98 Å². The molecule has 0 N–H and O–H groups in total. The van der Waals surface area contributed by atoms with Gasteiger partial charge in [0.05, 0.1) is 5.69 Å². The fourth-order valence-electron chi connectivity index (χ4n) is 2.87. The molecule has 0 bridgehead atoms. The highest BCUT2D eigenvalue weighted by Crippen LogP contribution is 2.28. The third-order valence-electron chi connectivity index (χ3n) is 4.53. The molecule has 158 valence electrons. The first-order valence-electron chi connectivity index (χ1n) is 9.78. The van der Waals surface area contributed by atoms with Crippen LogP contribution in [0, 0.1) is 6.92 Å². The van der Waals surface area contributed by atoms with E-state index in [0.717, 1.165) is 24.2 Å². The summed E-state index contributed by atoms with van der Waals surface area (Å²) in [6.45, 7) is 3.48. The van der Waals surface area contributed by atoms with Crippen LogP contribution in [0.1, 0.15) is 12.0 Å². The number of nitrogens with zero attached hydrogens (tertiary/aromatic N) is 3. The third-order valence-corrected chi connectivity index (χ3v) is 5.65. The maximum absolute atomic E-state index is 13.0. The summed E-state index contributed by atoms with van der Waals surface area (Å²) in [6.07, 6.45) is 0.846. The van der Waals surface area contributed by atoms with Crippen LogP contribution in [0.2, 0.25) is 5.02 Å². The molecule has 0 saturated heterocycles. The van der Waals surface area contributed by atoms with Crippen molar-refractivity contribution in [2.75, 3.05) is 38.7 Å². The summed E-state index contributed by atoms with van der Waals surface area (Å²) in [5, 5.41) is 3.31. The minimum absolute atomic E-state index is 0.0525. The highest BCUT2D eigenvalue weighted by atomic mass is 35.5. The van der Waals surface area contributed by atoms with E-state index in [2.05, 4.69) is 36.1 Å². The summed E-state index contributed by atoms with van der Waals surface area (Å²) < 4.78 is 5.67. The first kappa shape index (κ1) is 22.3. The van der Waals surface area contributed by atoms with Crippen LogP contribution in [0.15, 0.2) is 53.9 Å². The summed E-state index contributed by atoms with van der Waals surface area (Å²) in [4.78, 5) is 21.5. The fraction of sp³-hybridized carbons (Fsp3) is 0.304. The van der Waals surface area contributed by atoms with Crippen molar-refractivity contribution >= 4 is 34.0 Å². The van der Waals surface area contributed by atoms with Crippen molar-refractivity contribution < 1.29 is 9.53 Å². The van der Waals surface area contributed by atoms with Crippen LogP contribution in [0.4, 0.5) is 5.13 Å². The molecule has 0 unspecified atom stereocenters. The van der Waals surface area contributed by atoms with Gasteiger partial charge < -0.3 is 9.64 Å². The normalized spacial score (nSPS) is 11.0. The average molecular weight is 444 g/mol. The Morgan fingerprint density at radius 2 is 1.77 bits per heavy atom. The number of carbonyl (C=O) groups excluding carboxylic acids is 1. The molecule has 0 spiro atoms. The molecule has 3 aromatic rings. The quantitative estimate of drug-likeness (QED) is 0.459. The third kappa shape index (κ3) is 6.29. The molecule has 0 radical (unpaired) electrons. The first-order valence-corrected chi connectivity index (χ1v) is 11.0. The SMILES string of the molecule is Cc1ccc(-c2csc(N(CCCN(C)C)C(=O)COc3ccc(Cl)cc3)n2)cc1. The molecule has 2 aromatic carbocycles. The average Bonchev–Trinajstić information content (AvgIpc) is 3.20. The van der Waals surface area contributed by atoms with E-state index in [9.17, 15) is 4.79 Å². The van der Waals surface area contributed by atoms with Crippen LogP contribution in [0.25, 0.3) is 11.3 Å². The van der Waals surface area contributed by atoms with Crippen LogP contribution in [0.3, 0.4) is 0 Å². The van der Waals surface area contributed by atoms with Crippen molar-refractivity contribution in [3.8, 4) is 17.0 Å². The van der Waals surface area contributed by atoms with Gasteiger partial charge in [-0.05, 0) is 58.3 Å². The molecule has 0 saturated carbocycles. The summed E-state index contributed by atoms with van der Waals surface area (Å²) in [7, 11) is 4.05. The van der Waals surface area contributed by atoms with E-state index in [1.54, 1.807) is 29.2 Å². The predicted octanol–water partition coefficient (Wildman–Crippen LogP) is 5.14. The van der Waals surface area contributed by atoms with E-state index >= 15 is 0 Å². The van der Waals surface area contributed by atoms with Gasteiger partial charge in [0.25, 0.3) is 5.91 Å². The maximum Gasteiger partial charge on any atom is 0.266 e. The first-order chi connectivity index (χ1) is 14.4. The van der Waals surface area contributed by atoms with Gasteiger partial charge in [-0.1, -0.05) is 41.4 Å². The standard InChI is InChI=1S/C23H26ClN3O2S/c1-17-5-7-18(8-6-17)21-16-30-23(25-21)27(14-4-13-26(2)3)22(28)15-29-20-11-9-19(24)10-12-20/h5-12,16H,4,13-15H2,1-3H3. The molecule has 1 heterocycles. The number of thiazole rings is 1. The summed E-state index contributed by atoms with van der Waals surface area (Å²) in [5.41, 5.74) is 3.12. The van der Waals surface area contributed by atoms with Crippen molar-refractivity contribution in [3.05, 3.63) is 64.5 Å². The van der Waals surface area contributed by atoms with Gasteiger partial charge in [0.1, 0.15) is 5.75 Å². The number of ether oxygens (including phenoxy) is 1. The molecule has 0 aliphatic carbocycles. The Balaban J connectivity index is 1.73. The Kier molecular flexibility index (Phi) is 7.85. The number of aryl methyl sites for hydroxylation is 1. The summed E-state index contributed by atoms with van der Waals surface area (Å²) >= 11 is 7.38. The molecular weight excluding hydrogens is 418 g/mol. The second kappa shape index (κ2) is 10.6. The molecule has 1 amide bonds. The minimum atomic E-state index is -0.117. The van der Waals surface area contributed by atoms with E-state index in [4.69, 9.17) is 21.3 Å². The lowest BCUT2D eigenvalue weighted by Gasteiger charge is -2.21. The fourth-order valence-corrected chi connectivity index (χ4v) is 3.87. The molecule has 7 heteroatoms. The zero-order chi connectivity index (χ0) is 21.5. The number of halogens is 1. The van der Waals surface area contributed by atoms with Gasteiger partial charge in [-0.2, -0.15) is 0 Å². The predicted molar refractivity (Wildman–Crippen MR) is 125 cm³/mol. The Bertz CT molecular complexity index is 955. The van der Waals surface area contributed by atoms with E-state index < -0.39 is 0 Å². The Labute approximate surface area is 186 Å². The molecule has 0 fully saturated rings. The number of amides is 1. The maximum atomic E-state index is 13.0. The Morgan fingerprint density at radius 3 is 2.43 bits per heavy atom. The van der Waals surface area contributed by atoms with Crippen molar-refractivity contribution in [2.45, 2.75) is 13.3 Å². The topological polar surface area (TPSA) is 45.7 Å². The van der Waals surface area contributed by atoms with Gasteiger partial charge in [-0.15, -0.1) is 11.3 Å². The number of rotatable bonds is 9. The van der Waals surface area contributed by atoms with Gasteiger partial charge in [0, 0.05) is 22.5 Å². The van der Waals surface area contributed by atoms with Crippen molar-refractivity contribution in [2.24, 2.45) is 0 Å². The van der Waals surface area contributed by atoms with Gasteiger partial charge in [-0.3, -0.25) is 9.69 Å². The zero-order valence-corrected chi connectivity index (χ0v) is 19.0. The molecule has 0 aliphatic heterocycles. The lowest BCUT2D eigenvalue weighted by atomic mass is 10.1. The lowest BCUT2D eigenvalue weighted by molar-refractivity contribution is -0.120. The van der Waals surface area contributed by atoms with E-state index in [0.29, 0.717) is 22.4 Å². The van der Waals surface area contributed by atoms with Crippen LogP contribution < -0.4 is 9.64 Å². The van der Waals surface area contributed by atoms with Crippen LogP contribution >= 0.6 is 22.9 Å². The number of hydrogen-bond acceptors (Lipinski definition) is 5.